The molecule has 0 radical (unpaired) electrons. The highest BCUT2D eigenvalue weighted by Crippen LogP contribution is 2.43. The quantitative estimate of drug-likeness (QED) is 0.643. The van der Waals surface area contributed by atoms with Gasteiger partial charge in [-0.15, -0.1) is 0 Å². The molecular formula is C13H16BrCl. The van der Waals surface area contributed by atoms with E-state index in [0.717, 1.165) is 5.02 Å². The third-order valence-corrected chi connectivity index (χ3v) is 5.28. The van der Waals surface area contributed by atoms with Crippen molar-refractivity contribution in [2.75, 3.05) is 0 Å². The maximum absolute atomic E-state index is 6.16. The van der Waals surface area contributed by atoms with Crippen LogP contribution < -0.4 is 0 Å². The van der Waals surface area contributed by atoms with Gasteiger partial charge < -0.3 is 0 Å². The maximum Gasteiger partial charge on any atom is 0.0438 e. The molecule has 1 aromatic rings. The minimum atomic E-state index is 0.669. The van der Waals surface area contributed by atoms with Crippen molar-refractivity contribution in [1.82, 2.24) is 0 Å². The van der Waals surface area contributed by atoms with Gasteiger partial charge in [-0.1, -0.05) is 46.6 Å². The average Bonchev–Trinajstić information content (AvgIpc) is 2.53. The summed E-state index contributed by atoms with van der Waals surface area (Å²) in [5, 5.41) is 0.901. The first-order valence-corrected chi connectivity index (χ1v) is 6.79. The second kappa shape index (κ2) is 4.47. The number of benzene rings is 1. The molecule has 0 saturated heterocycles. The summed E-state index contributed by atoms with van der Waals surface area (Å²) in [6.07, 6.45) is 2.55. The molecule has 1 aliphatic rings. The second-order valence-electron chi connectivity index (χ2n) is 4.57. The molecule has 1 fully saturated rings. The van der Waals surface area contributed by atoms with Crippen molar-refractivity contribution in [2.24, 2.45) is 5.92 Å². The fourth-order valence-electron chi connectivity index (χ4n) is 2.43. The van der Waals surface area contributed by atoms with E-state index in [0.29, 0.717) is 16.7 Å². The van der Waals surface area contributed by atoms with Crippen molar-refractivity contribution < 1.29 is 0 Å². The van der Waals surface area contributed by atoms with Gasteiger partial charge in [0, 0.05) is 9.85 Å². The third-order valence-electron chi connectivity index (χ3n) is 3.58. The van der Waals surface area contributed by atoms with Crippen molar-refractivity contribution in [3.05, 3.63) is 34.3 Å². The molecule has 1 aromatic carbocycles. The van der Waals surface area contributed by atoms with Gasteiger partial charge in [0.2, 0.25) is 0 Å². The first-order valence-electron chi connectivity index (χ1n) is 5.49. The van der Waals surface area contributed by atoms with Gasteiger partial charge in [0.15, 0.2) is 0 Å². The summed E-state index contributed by atoms with van der Waals surface area (Å²) < 4.78 is 0. The Balaban J connectivity index is 2.26. The summed E-state index contributed by atoms with van der Waals surface area (Å²) in [4.78, 5) is 0.669. The molecule has 1 aliphatic carbocycles. The Morgan fingerprint density at radius 3 is 2.60 bits per heavy atom. The van der Waals surface area contributed by atoms with Crippen LogP contribution in [-0.2, 0) is 0 Å². The summed E-state index contributed by atoms with van der Waals surface area (Å²) in [5.41, 5.74) is 2.57. The highest BCUT2D eigenvalue weighted by Gasteiger charge is 2.31. The minimum Gasteiger partial charge on any atom is -0.0888 e. The fourth-order valence-corrected chi connectivity index (χ4v) is 3.25. The molecule has 3 unspecified atom stereocenters. The molecule has 1 saturated carbocycles. The zero-order valence-corrected chi connectivity index (χ0v) is 11.5. The van der Waals surface area contributed by atoms with Gasteiger partial charge in [0.25, 0.3) is 0 Å². The molecule has 0 aromatic heterocycles. The molecule has 0 heterocycles. The molecule has 0 spiro atoms. The molecule has 0 N–H and O–H groups in total. The fraction of sp³-hybridized carbons (Fsp3) is 0.538. The van der Waals surface area contributed by atoms with E-state index in [1.807, 2.05) is 0 Å². The normalized spacial score (nSPS) is 30.8. The van der Waals surface area contributed by atoms with Gasteiger partial charge in [-0.2, -0.15) is 0 Å². The minimum absolute atomic E-state index is 0.669. The Kier molecular flexibility index (Phi) is 3.42. The van der Waals surface area contributed by atoms with E-state index in [4.69, 9.17) is 11.6 Å². The topological polar surface area (TPSA) is 0 Å². The zero-order valence-electron chi connectivity index (χ0n) is 9.13. The van der Waals surface area contributed by atoms with Gasteiger partial charge in [0.1, 0.15) is 0 Å². The molecule has 2 heteroatoms. The lowest BCUT2D eigenvalue weighted by Crippen LogP contribution is -2.09. The van der Waals surface area contributed by atoms with Crippen molar-refractivity contribution in [1.29, 1.82) is 0 Å². The Morgan fingerprint density at radius 2 is 2.07 bits per heavy atom. The number of aryl methyl sites for hydroxylation is 1. The van der Waals surface area contributed by atoms with E-state index < -0.39 is 0 Å². The molecule has 0 amide bonds. The second-order valence-corrected chi connectivity index (χ2v) is 6.15. The lowest BCUT2D eigenvalue weighted by Gasteiger charge is -2.18. The van der Waals surface area contributed by atoms with E-state index in [1.54, 1.807) is 0 Å². The van der Waals surface area contributed by atoms with E-state index in [1.165, 1.54) is 24.0 Å². The molecule has 2 rings (SSSR count). The van der Waals surface area contributed by atoms with Gasteiger partial charge >= 0.3 is 0 Å². The number of hydrogen-bond acceptors (Lipinski definition) is 0. The van der Waals surface area contributed by atoms with Gasteiger partial charge in [-0.25, -0.2) is 0 Å². The van der Waals surface area contributed by atoms with Crippen LogP contribution in [0, 0.1) is 12.8 Å². The molecule has 0 nitrogen and oxygen atoms in total. The number of halogens is 2. The highest BCUT2D eigenvalue weighted by molar-refractivity contribution is 9.09. The largest absolute Gasteiger partial charge is 0.0888 e. The predicted octanol–water partition coefficient (Wildman–Crippen LogP) is 4.93. The first kappa shape index (κ1) is 11.5. The number of hydrogen-bond donors (Lipinski definition) is 0. The Hall–Kier alpha value is -0.0100. The van der Waals surface area contributed by atoms with Crippen LogP contribution in [0.1, 0.15) is 36.8 Å². The SMILES string of the molecule is Cc1ccc(C2CCC(Br)C2C)cc1Cl. The summed E-state index contributed by atoms with van der Waals surface area (Å²) in [6.45, 7) is 4.38. The van der Waals surface area contributed by atoms with Crippen LogP contribution in [0.4, 0.5) is 0 Å². The summed E-state index contributed by atoms with van der Waals surface area (Å²) in [5.74, 6) is 1.39. The molecule has 15 heavy (non-hydrogen) atoms. The van der Waals surface area contributed by atoms with Crippen molar-refractivity contribution in [3.8, 4) is 0 Å². The van der Waals surface area contributed by atoms with Crippen LogP contribution >= 0.6 is 27.5 Å². The van der Waals surface area contributed by atoms with Gasteiger partial charge in [0.05, 0.1) is 0 Å². The maximum atomic E-state index is 6.16. The molecular weight excluding hydrogens is 272 g/mol. The van der Waals surface area contributed by atoms with Crippen molar-refractivity contribution in [2.45, 2.75) is 37.4 Å². The monoisotopic (exact) mass is 286 g/mol. The lowest BCUT2D eigenvalue weighted by molar-refractivity contribution is 0.544. The molecule has 0 aliphatic heterocycles. The van der Waals surface area contributed by atoms with Crippen molar-refractivity contribution >= 4 is 27.5 Å². The Bertz CT molecular complexity index is 362. The molecule has 82 valence electrons. The number of alkyl halides is 1. The summed E-state index contributed by atoms with van der Waals surface area (Å²) >= 11 is 9.91. The van der Waals surface area contributed by atoms with Crippen LogP contribution in [-0.4, -0.2) is 4.83 Å². The molecule has 3 atom stereocenters. The smallest absolute Gasteiger partial charge is 0.0438 e. The van der Waals surface area contributed by atoms with Crippen LogP contribution in [0.5, 0.6) is 0 Å². The van der Waals surface area contributed by atoms with E-state index >= 15 is 0 Å². The lowest BCUT2D eigenvalue weighted by atomic mass is 9.90. The Labute approximate surface area is 105 Å². The van der Waals surface area contributed by atoms with E-state index in [-0.39, 0.29) is 0 Å². The first-order chi connectivity index (χ1) is 7.09. The van der Waals surface area contributed by atoms with Crippen LogP contribution in [0.15, 0.2) is 18.2 Å². The van der Waals surface area contributed by atoms with E-state index in [9.17, 15) is 0 Å². The van der Waals surface area contributed by atoms with Crippen LogP contribution in [0.25, 0.3) is 0 Å². The third kappa shape index (κ3) is 2.24. The Morgan fingerprint density at radius 1 is 1.33 bits per heavy atom. The molecule has 0 bridgehead atoms. The van der Waals surface area contributed by atoms with Gasteiger partial charge in [-0.3, -0.25) is 0 Å². The average molecular weight is 288 g/mol. The van der Waals surface area contributed by atoms with Gasteiger partial charge in [-0.05, 0) is 48.8 Å². The number of rotatable bonds is 1. The summed E-state index contributed by atoms with van der Waals surface area (Å²) in [7, 11) is 0. The van der Waals surface area contributed by atoms with Crippen LogP contribution in [0.3, 0.4) is 0 Å². The van der Waals surface area contributed by atoms with Crippen LogP contribution in [0.2, 0.25) is 5.02 Å². The zero-order chi connectivity index (χ0) is 11.0. The summed E-state index contributed by atoms with van der Waals surface area (Å²) in [6, 6.07) is 6.50. The predicted molar refractivity (Wildman–Crippen MR) is 70.0 cm³/mol. The van der Waals surface area contributed by atoms with E-state index in [2.05, 4.69) is 48.0 Å². The highest BCUT2D eigenvalue weighted by atomic mass is 79.9. The standard InChI is InChI=1S/C13H16BrCl/c1-8-3-4-10(7-13(8)15)11-5-6-12(14)9(11)2/h3-4,7,9,11-12H,5-6H2,1-2H3. The van der Waals surface area contributed by atoms with Crippen molar-refractivity contribution in [3.63, 3.8) is 0 Å².